The minimum atomic E-state index is -4.37. The van der Waals surface area contributed by atoms with Gasteiger partial charge in [0.15, 0.2) is 0 Å². The van der Waals surface area contributed by atoms with Gasteiger partial charge in [0.2, 0.25) is 11.7 Å². The van der Waals surface area contributed by atoms with Gasteiger partial charge in [0.05, 0.1) is 30.4 Å². The minimum Gasteiger partial charge on any atom is -0.479 e. The van der Waals surface area contributed by atoms with E-state index in [2.05, 4.69) is 0 Å². The van der Waals surface area contributed by atoms with Crippen LogP contribution in [0.1, 0.15) is 34.6 Å². The van der Waals surface area contributed by atoms with Gasteiger partial charge < -0.3 is 19.1 Å². The molecule has 3 amide bonds. The number of aldehydes is 1. The second-order valence-corrected chi connectivity index (χ2v) is 8.90. The standard InChI is InChI=1S/C20H21N2O9P/c1-3-30-32(29,31-4-2)19(20(27)28)21-14(10-7-11-23)15(18(21)26)22-16(24)12-8-5-6-9-13(12)17(22)25/h5-11,14-15,19H,3-4H2,1-2H3,(H,27,28)/t14-,15+,19?/m0/s1. The second-order valence-electron chi connectivity index (χ2n) is 6.82. The molecular weight excluding hydrogens is 443 g/mol. The number of allylic oxidation sites excluding steroid dienone is 1. The number of likely N-dealkylation sites (tertiary alicyclic amines) is 1. The molecule has 2 aliphatic heterocycles. The molecule has 2 aliphatic rings. The van der Waals surface area contributed by atoms with E-state index in [-0.39, 0.29) is 24.3 Å². The maximum atomic E-state index is 13.2. The summed E-state index contributed by atoms with van der Waals surface area (Å²) in [6.07, 6.45) is 2.56. The molecule has 2 heterocycles. The Balaban J connectivity index is 2.03. The molecule has 3 rings (SSSR count). The van der Waals surface area contributed by atoms with Crippen molar-refractivity contribution in [3.8, 4) is 0 Å². The number of amides is 3. The van der Waals surface area contributed by atoms with Gasteiger partial charge in [0, 0.05) is 0 Å². The predicted octanol–water partition coefficient (Wildman–Crippen LogP) is 1.29. The summed E-state index contributed by atoms with van der Waals surface area (Å²) in [6.45, 7) is 2.65. The molecule has 1 aromatic rings. The highest BCUT2D eigenvalue weighted by Gasteiger charge is 2.62. The van der Waals surface area contributed by atoms with Crippen LogP contribution >= 0.6 is 7.60 Å². The molecule has 0 bridgehead atoms. The van der Waals surface area contributed by atoms with E-state index in [1.165, 1.54) is 32.1 Å². The number of β-lactam (4-membered cyclic amide) rings is 1. The molecule has 1 aromatic carbocycles. The van der Waals surface area contributed by atoms with Crippen molar-refractivity contribution in [2.24, 2.45) is 0 Å². The number of imide groups is 1. The van der Waals surface area contributed by atoms with E-state index < -0.39 is 49.2 Å². The van der Waals surface area contributed by atoms with E-state index in [4.69, 9.17) is 9.05 Å². The maximum Gasteiger partial charge on any atom is 0.364 e. The minimum absolute atomic E-state index is 0.103. The Hall–Kier alpha value is -3.14. The number of aliphatic carboxylic acids is 1. The Morgan fingerprint density at radius 2 is 1.66 bits per heavy atom. The fraction of sp³-hybridized carbons (Fsp3) is 0.350. The van der Waals surface area contributed by atoms with E-state index >= 15 is 0 Å². The Bertz CT molecular complexity index is 1010. The zero-order valence-corrected chi connectivity index (χ0v) is 18.1. The number of carbonyl (C=O) groups is 5. The van der Waals surface area contributed by atoms with Crippen LogP contribution in [0.25, 0.3) is 0 Å². The van der Waals surface area contributed by atoms with Crippen molar-refractivity contribution < 1.29 is 42.7 Å². The number of carbonyl (C=O) groups excluding carboxylic acids is 4. The number of hydrogen-bond acceptors (Lipinski definition) is 8. The summed E-state index contributed by atoms with van der Waals surface area (Å²) in [5, 5.41) is 9.79. The van der Waals surface area contributed by atoms with Gasteiger partial charge in [-0.3, -0.25) is 28.6 Å². The van der Waals surface area contributed by atoms with Gasteiger partial charge in [-0.05, 0) is 32.1 Å². The van der Waals surface area contributed by atoms with Crippen LogP contribution in [0.3, 0.4) is 0 Å². The number of carboxylic acid groups (broad SMARTS) is 1. The van der Waals surface area contributed by atoms with Gasteiger partial charge >= 0.3 is 13.6 Å². The lowest BCUT2D eigenvalue weighted by molar-refractivity contribution is -0.162. The van der Waals surface area contributed by atoms with Crippen LogP contribution in [0, 0.1) is 0 Å². The highest BCUT2D eigenvalue weighted by Crippen LogP contribution is 2.56. The normalized spacial score (nSPS) is 21.6. The molecule has 0 aliphatic carbocycles. The van der Waals surface area contributed by atoms with Crippen LogP contribution in [-0.4, -0.2) is 76.0 Å². The zero-order valence-electron chi connectivity index (χ0n) is 17.2. The highest BCUT2D eigenvalue weighted by molar-refractivity contribution is 7.55. The lowest BCUT2D eigenvalue weighted by atomic mass is 9.92. The maximum absolute atomic E-state index is 13.2. The predicted molar refractivity (Wildman–Crippen MR) is 109 cm³/mol. The molecule has 32 heavy (non-hydrogen) atoms. The third kappa shape index (κ3) is 3.68. The molecule has 1 fully saturated rings. The molecule has 3 atom stereocenters. The van der Waals surface area contributed by atoms with E-state index in [0.717, 1.165) is 11.0 Å². The van der Waals surface area contributed by atoms with Crippen molar-refractivity contribution in [2.75, 3.05) is 13.2 Å². The summed E-state index contributed by atoms with van der Waals surface area (Å²) in [5.41, 5.74) is 0.205. The molecule has 1 saturated heterocycles. The van der Waals surface area contributed by atoms with Crippen LogP contribution in [0.15, 0.2) is 36.4 Å². The van der Waals surface area contributed by atoms with E-state index in [1.807, 2.05) is 0 Å². The van der Waals surface area contributed by atoms with Gasteiger partial charge in [0.1, 0.15) is 12.3 Å². The number of fused-ring (bicyclic) bond motifs is 1. The highest BCUT2D eigenvalue weighted by atomic mass is 31.2. The topological polar surface area (TPSA) is 148 Å². The van der Waals surface area contributed by atoms with Gasteiger partial charge in [-0.2, -0.15) is 0 Å². The molecule has 11 nitrogen and oxygen atoms in total. The van der Waals surface area contributed by atoms with Crippen molar-refractivity contribution >= 4 is 37.6 Å². The number of rotatable bonds is 10. The summed E-state index contributed by atoms with van der Waals surface area (Å²) < 4.78 is 23.5. The molecule has 0 aromatic heterocycles. The summed E-state index contributed by atoms with van der Waals surface area (Å²) in [6, 6.07) is 3.35. The second kappa shape index (κ2) is 9.15. The fourth-order valence-electron chi connectivity index (χ4n) is 3.83. The largest absolute Gasteiger partial charge is 0.479 e. The number of hydrogen-bond donors (Lipinski definition) is 1. The van der Waals surface area contributed by atoms with E-state index in [1.54, 1.807) is 12.1 Å². The van der Waals surface area contributed by atoms with Crippen molar-refractivity contribution in [1.29, 1.82) is 0 Å². The quantitative estimate of drug-likeness (QED) is 0.178. The van der Waals surface area contributed by atoms with Crippen molar-refractivity contribution in [1.82, 2.24) is 9.80 Å². The molecular formula is C20H21N2O9P. The van der Waals surface area contributed by atoms with Gasteiger partial charge in [-0.25, -0.2) is 4.79 Å². The van der Waals surface area contributed by atoms with Gasteiger partial charge in [-0.15, -0.1) is 0 Å². The van der Waals surface area contributed by atoms with Crippen LogP contribution in [0.4, 0.5) is 0 Å². The van der Waals surface area contributed by atoms with Crippen molar-refractivity contribution in [2.45, 2.75) is 31.7 Å². The third-order valence-electron chi connectivity index (χ3n) is 5.04. The molecule has 0 saturated carbocycles. The number of nitrogens with zero attached hydrogens (tertiary/aromatic N) is 2. The van der Waals surface area contributed by atoms with Gasteiger partial charge in [-0.1, -0.05) is 18.2 Å². The Kier molecular flexibility index (Phi) is 6.73. The average molecular weight is 464 g/mol. The lowest BCUT2D eigenvalue weighted by Crippen LogP contribution is -2.74. The van der Waals surface area contributed by atoms with Crippen LogP contribution in [0.2, 0.25) is 0 Å². The molecule has 1 unspecified atom stereocenters. The Labute approximate surface area is 183 Å². The van der Waals surface area contributed by atoms with E-state index in [0.29, 0.717) is 11.2 Å². The smallest absolute Gasteiger partial charge is 0.364 e. The average Bonchev–Trinajstić information content (AvgIpc) is 2.99. The Morgan fingerprint density at radius 1 is 1.12 bits per heavy atom. The van der Waals surface area contributed by atoms with Crippen LogP contribution in [-0.2, 0) is 28.0 Å². The number of benzene rings is 1. The molecule has 0 radical (unpaired) electrons. The molecule has 1 N–H and O–H groups in total. The first-order valence-corrected chi connectivity index (χ1v) is 11.4. The lowest BCUT2D eigenvalue weighted by Gasteiger charge is -2.51. The summed E-state index contributed by atoms with van der Waals surface area (Å²) in [4.78, 5) is 63.2. The molecule has 0 spiro atoms. The summed E-state index contributed by atoms with van der Waals surface area (Å²) in [5.74, 6) is -6.08. The third-order valence-corrected chi connectivity index (χ3v) is 7.35. The summed E-state index contributed by atoms with van der Waals surface area (Å²) >= 11 is 0. The number of carboxylic acids is 1. The fourth-order valence-corrected chi connectivity index (χ4v) is 5.74. The van der Waals surface area contributed by atoms with Crippen LogP contribution in [0.5, 0.6) is 0 Å². The first-order valence-electron chi connectivity index (χ1n) is 9.76. The molecule has 170 valence electrons. The van der Waals surface area contributed by atoms with Crippen LogP contribution < -0.4 is 0 Å². The van der Waals surface area contributed by atoms with E-state index in [9.17, 15) is 33.6 Å². The van der Waals surface area contributed by atoms with Crippen molar-refractivity contribution in [3.05, 3.63) is 47.5 Å². The molecule has 12 heteroatoms. The monoisotopic (exact) mass is 464 g/mol. The Morgan fingerprint density at radius 3 is 2.09 bits per heavy atom. The SMILES string of the molecule is CCOP(=O)(OCC)C(C(=O)O)N1C(=O)[C@H](N2C(=O)c3ccccc3C2=O)[C@@H]1C=CC=O. The first-order chi connectivity index (χ1) is 15.2. The van der Waals surface area contributed by atoms with Gasteiger partial charge in [0.25, 0.3) is 11.8 Å². The van der Waals surface area contributed by atoms with Crippen molar-refractivity contribution in [3.63, 3.8) is 0 Å². The summed E-state index contributed by atoms with van der Waals surface area (Å²) in [7, 11) is -4.37. The zero-order chi connectivity index (χ0) is 23.6. The first kappa shape index (κ1) is 23.5.